The Morgan fingerprint density at radius 3 is 1.44 bits per heavy atom. The third-order valence-electron chi connectivity index (χ3n) is 15.7. The van der Waals surface area contributed by atoms with Crippen molar-refractivity contribution in [3.63, 3.8) is 0 Å². The summed E-state index contributed by atoms with van der Waals surface area (Å²) in [5.74, 6) is 2.68. The van der Waals surface area contributed by atoms with E-state index in [4.69, 9.17) is 28.8 Å². The Morgan fingerprint density at radius 2 is 1.03 bits per heavy atom. The molecule has 1 aliphatic carbocycles. The Labute approximate surface area is 543 Å². The minimum atomic E-state index is -0.691. The Balaban J connectivity index is -0.000000337. The zero-order chi connectivity index (χ0) is 66.9. The summed E-state index contributed by atoms with van der Waals surface area (Å²) in [7, 11) is 1.00. The van der Waals surface area contributed by atoms with Crippen molar-refractivity contribution in [2.24, 2.45) is 29.6 Å². The molecule has 0 aliphatic heterocycles. The minimum absolute atomic E-state index is 0.00633. The molecule has 520 valence electrons. The SMILES string of the molecule is C=C/C=C(\C=C/CC)CCCOC(C)=O.C=CCC(COC(=O)CCCCCCCC)CC1CCC1.CCCCC(COC=O)C(C)C.CCCCCCCCC(=O)OCC(CC)COC(O)CCCCCCCC.CCCCCCCCC(C)=O.CO. The molecule has 0 radical (unpaired) electrons. The van der Waals surface area contributed by atoms with E-state index >= 15 is 0 Å². The molecule has 0 bridgehead atoms. The first kappa shape index (κ1) is 93.1. The smallest absolute Gasteiger partial charge is 0.305 e. The average molecular weight is 1250 g/mol. The van der Waals surface area contributed by atoms with Crippen molar-refractivity contribution in [2.75, 3.05) is 40.1 Å². The van der Waals surface area contributed by atoms with Gasteiger partial charge < -0.3 is 38.7 Å². The second-order valence-electron chi connectivity index (χ2n) is 24.5. The van der Waals surface area contributed by atoms with Gasteiger partial charge in [0.2, 0.25) is 0 Å². The monoisotopic (exact) mass is 1250 g/mol. The van der Waals surface area contributed by atoms with Crippen LogP contribution in [0.15, 0.2) is 49.1 Å². The summed E-state index contributed by atoms with van der Waals surface area (Å²) < 4.78 is 26.0. The number of hydrogen-bond acceptors (Lipinski definition) is 12. The van der Waals surface area contributed by atoms with Gasteiger partial charge in [0.1, 0.15) is 5.78 Å². The fraction of sp³-hybridized carbons (Fsp3) is 0.829. The number of allylic oxidation sites excluding steroid dienone is 6. The molecule has 12 heteroatoms. The van der Waals surface area contributed by atoms with Crippen LogP contribution in [0.2, 0.25) is 0 Å². The highest BCUT2D eigenvalue weighted by atomic mass is 16.6. The molecule has 0 amide bonds. The van der Waals surface area contributed by atoms with Gasteiger partial charge in [0, 0.05) is 39.2 Å². The van der Waals surface area contributed by atoms with Crippen molar-refractivity contribution >= 4 is 30.2 Å². The fourth-order valence-corrected chi connectivity index (χ4v) is 9.57. The van der Waals surface area contributed by atoms with Crippen molar-refractivity contribution in [2.45, 2.75) is 339 Å². The Kier molecular flexibility index (Phi) is 82.1. The largest absolute Gasteiger partial charge is 0.468 e. The Bertz CT molecular complexity index is 1570. The molecule has 0 heterocycles. The van der Waals surface area contributed by atoms with Crippen LogP contribution in [0, 0.1) is 29.6 Å². The summed E-state index contributed by atoms with van der Waals surface area (Å²) in [6.45, 7) is 33.2. The molecule has 2 N–H and O–H groups in total. The lowest BCUT2D eigenvalue weighted by molar-refractivity contribution is -0.149. The molecule has 0 saturated heterocycles. The molecule has 1 rings (SSSR count). The highest BCUT2D eigenvalue weighted by Gasteiger charge is 2.22. The van der Waals surface area contributed by atoms with E-state index in [2.05, 4.69) is 87.6 Å². The van der Waals surface area contributed by atoms with Crippen LogP contribution >= 0.6 is 0 Å². The molecule has 1 fully saturated rings. The number of carbonyl (C=O) groups excluding carboxylic acids is 5. The van der Waals surface area contributed by atoms with Crippen LogP contribution in [0.25, 0.3) is 0 Å². The highest BCUT2D eigenvalue weighted by molar-refractivity contribution is 5.75. The van der Waals surface area contributed by atoms with E-state index in [1.54, 1.807) is 13.0 Å². The van der Waals surface area contributed by atoms with Crippen molar-refractivity contribution in [3.05, 3.63) is 49.1 Å². The van der Waals surface area contributed by atoms with Crippen LogP contribution in [-0.4, -0.2) is 86.8 Å². The van der Waals surface area contributed by atoms with Gasteiger partial charge in [0.25, 0.3) is 6.47 Å². The lowest BCUT2D eigenvalue weighted by Crippen LogP contribution is -2.22. The van der Waals surface area contributed by atoms with E-state index in [9.17, 15) is 29.1 Å². The highest BCUT2D eigenvalue weighted by Crippen LogP contribution is 2.33. The maximum Gasteiger partial charge on any atom is 0.305 e. The van der Waals surface area contributed by atoms with Crippen molar-refractivity contribution in [3.8, 4) is 0 Å². The summed E-state index contributed by atoms with van der Waals surface area (Å²) in [5, 5.41) is 16.9. The normalized spacial score (nSPS) is 13.1. The molecule has 0 aromatic carbocycles. The van der Waals surface area contributed by atoms with Crippen LogP contribution in [0.1, 0.15) is 333 Å². The van der Waals surface area contributed by atoms with Crippen molar-refractivity contribution in [1.82, 2.24) is 0 Å². The summed E-state index contributed by atoms with van der Waals surface area (Å²) in [6, 6.07) is 0. The first-order valence-electron chi connectivity index (χ1n) is 35.9. The molecule has 12 nitrogen and oxygen atoms in total. The number of aliphatic hydroxyl groups excluding tert-OH is 2. The van der Waals surface area contributed by atoms with Crippen LogP contribution in [0.4, 0.5) is 0 Å². The van der Waals surface area contributed by atoms with Crippen molar-refractivity contribution < 1.29 is 57.9 Å². The van der Waals surface area contributed by atoms with Crippen molar-refractivity contribution in [1.29, 1.82) is 0 Å². The third kappa shape index (κ3) is 76.6. The van der Waals surface area contributed by atoms with E-state index in [1.165, 1.54) is 167 Å². The van der Waals surface area contributed by atoms with E-state index in [1.807, 2.05) is 12.2 Å². The van der Waals surface area contributed by atoms with Crippen LogP contribution < -0.4 is 0 Å². The molecule has 0 aromatic heterocycles. The second-order valence-corrected chi connectivity index (χ2v) is 24.5. The zero-order valence-electron chi connectivity index (χ0n) is 59.6. The lowest BCUT2D eigenvalue weighted by Gasteiger charge is -2.29. The lowest BCUT2D eigenvalue weighted by atomic mass is 9.78. The molecule has 4 unspecified atom stereocenters. The summed E-state index contributed by atoms with van der Waals surface area (Å²) in [6.07, 6.45) is 54.6. The molecule has 1 saturated carbocycles. The maximum absolute atomic E-state index is 11.8. The number of Topliss-reactive ketones (excluding diaryl/α,β-unsaturated/α-hetero) is 1. The number of esters is 3. The van der Waals surface area contributed by atoms with Crippen LogP contribution in [0.3, 0.4) is 0 Å². The van der Waals surface area contributed by atoms with E-state index in [0.717, 1.165) is 96.5 Å². The van der Waals surface area contributed by atoms with Gasteiger partial charge in [-0.05, 0) is 113 Å². The Hall–Kier alpha value is -3.61. The molecular weight excluding hydrogens is 1100 g/mol. The summed E-state index contributed by atoms with van der Waals surface area (Å²) in [5.41, 5.74) is 1.22. The molecular formula is C76H144O12. The van der Waals surface area contributed by atoms with Gasteiger partial charge in [-0.25, -0.2) is 0 Å². The van der Waals surface area contributed by atoms with Gasteiger partial charge in [0.05, 0.1) is 33.0 Å². The molecule has 0 aromatic rings. The molecule has 4 atom stereocenters. The standard InChI is InChI=1S/C23H46O4.C19H34O2.C13H20O2.C10H20O2.C10H20O.CH4O/c1-4-7-9-11-13-15-17-22(24)26-19-21(6-3)20-27-23(25)18-16-14-12-10-8-5-2;1-3-5-6-7-8-9-14-19(20)21-16-18(11-4-2)15-17-12-10-13-17;1-4-6-9-13(8-5-2)10-7-11-15-12(3)14;1-4-5-6-10(9(2)3)7-12-8-11;1-3-4-5-6-7-8-9-10(2)11;1-2/h21-22,24H,4-20H2,1-3H3;4,17-18H,2-3,5-16H2,1H3;5-6,8-9H,2,4,7,10-11H2,1,3H3;8-10H,4-7H2,1-3H3;3-9H2,1-2H3;2H,1H3/b;;9-6-,13-8+;;;. The predicted octanol–water partition coefficient (Wildman–Crippen LogP) is 21.0. The fourth-order valence-electron chi connectivity index (χ4n) is 9.57. The first-order valence-corrected chi connectivity index (χ1v) is 35.9. The van der Waals surface area contributed by atoms with E-state index in [-0.39, 0.29) is 23.8 Å². The van der Waals surface area contributed by atoms with Gasteiger partial charge in [0.15, 0.2) is 6.29 Å². The number of rotatable bonds is 54. The Morgan fingerprint density at radius 1 is 0.557 bits per heavy atom. The van der Waals surface area contributed by atoms with Gasteiger partial charge in [-0.2, -0.15) is 0 Å². The summed E-state index contributed by atoms with van der Waals surface area (Å²) in [4.78, 5) is 54.6. The third-order valence-corrected chi connectivity index (χ3v) is 15.7. The van der Waals surface area contributed by atoms with Gasteiger partial charge in [-0.1, -0.05) is 260 Å². The summed E-state index contributed by atoms with van der Waals surface area (Å²) >= 11 is 0. The molecule has 88 heavy (non-hydrogen) atoms. The predicted molar refractivity (Wildman–Crippen MR) is 372 cm³/mol. The van der Waals surface area contributed by atoms with E-state index < -0.39 is 6.29 Å². The molecule has 0 spiro atoms. The topological polar surface area (TPSA) is 172 Å². The quantitative estimate of drug-likeness (QED) is 0.0112. The van der Waals surface area contributed by atoms with Crippen LogP contribution in [-0.2, 0) is 47.7 Å². The number of ketones is 1. The van der Waals surface area contributed by atoms with Gasteiger partial charge in [-0.15, -0.1) is 6.58 Å². The number of aliphatic hydroxyl groups is 2. The first-order chi connectivity index (χ1) is 42.6. The maximum atomic E-state index is 11.8. The zero-order valence-corrected chi connectivity index (χ0v) is 59.6. The number of ether oxygens (including phenoxy) is 5. The number of unbranched alkanes of at least 4 members (excludes halogenated alkanes) is 21. The minimum Gasteiger partial charge on any atom is -0.468 e. The van der Waals surface area contributed by atoms with Gasteiger partial charge in [-0.3, -0.25) is 19.2 Å². The number of carbonyl (C=O) groups is 5. The van der Waals surface area contributed by atoms with E-state index in [0.29, 0.717) is 82.3 Å². The van der Waals surface area contributed by atoms with Crippen LogP contribution in [0.5, 0.6) is 0 Å². The number of hydrogen-bond donors (Lipinski definition) is 2. The average Bonchev–Trinajstić information content (AvgIpc) is 3.58. The second kappa shape index (κ2) is 77.6. The molecule has 1 aliphatic rings. The van der Waals surface area contributed by atoms with Gasteiger partial charge >= 0.3 is 17.9 Å².